The number of nitrogens with zero attached hydrogens (tertiary/aromatic N) is 4. The number of hydrogen-bond acceptors (Lipinski definition) is 4. The second-order valence-corrected chi connectivity index (χ2v) is 9.57. The molecule has 4 atom stereocenters. The molecule has 0 unspecified atom stereocenters. The number of piperidine rings is 3. The number of hydrogen-bond donors (Lipinski definition) is 1. The van der Waals surface area contributed by atoms with Crippen molar-refractivity contribution in [3.63, 3.8) is 0 Å². The predicted octanol–water partition coefficient (Wildman–Crippen LogP) is 2.16. The molecule has 3 fully saturated rings. The van der Waals surface area contributed by atoms with E-state index in [-0.39, 0.29) is 29.8 Å². The normalized spacial score (nSPS) is 30.8. The van der Waals surface area contributed by atoms with Gasteiger partial charge in [0.15, 0.2) is 0 Å². The molecule has 162 valence electrons. The lowest BCUT2D eigenvalue weighted by Crippen LogP contribution is -2.68. The maximum atomic E-state index is 13.5. The summed E-state index contributed by atoms with van der Waals surface area (Å²) in [6, 6.07) is 8.00. The number of para-hydroxylation sites is 2. The molecule has 6 rings (SSSR count). The Labute approximate surface area is 182 Å². The zero-order valence-electron chi connectivity index (χ0n) is 17.7. The Morgan fingerprint density at radius 1 is 1.13 bits per heavy atom. The smallest absolute Gasteiger partial charge is 0.246 e. The number of nitrogens with one attached hydrogen (secondary N) is 1. The molecule has 2 bridgehead atoms. The van der Waals surface area contributed by atoms with E-state index in [4.69, 9.17) is 4.98 Å². The van der Waals surface area contributed by atoms with E-state index in [1.165, 1.54) is 0 Å². The minimum absolute atomic E-state index is 0.138. The van der Waals surface area contributed by atoms with Crippen molar-refractivity contribution in [1.29, 1.82) is 0 Å². The van der Waals surface area contributed by atoms with Crippen LogP contribution >= 0.6 is 0 Å². The van der Waals surface area contributed by atoms with Crippen LogP contribution < -0.4 is 0 Å². The average molecular weight is 420 g/mol. The molecule has 7 nitrogen and oxygen atoms in total. The van der Waals surface area contributed by atoms with Crippen molar-refractivity contribution in [3.05, 3.63) is 42.2 Å². The van der Waals surface area contributed by atoms with Crippen molar-refractivity contribution in [2.75, 3.05) is 26.2 Å². The SMILES string of the molecule is O=C([C@H]1[C@@H]2C[C@@H](CN(Cc3nc4ccccc4[nH]3)C2)[C@@H]2CCCC(=O)N21)N1CC=CC1. The van der Waals surface area contributed by atoms with Gasteiger partial charge in [0.2, 0.25) is 11.8 Å². The number of aromatic amines is 1. The van der Waals surface area contributed by atoms with E-state index in [0.29, 0.717) is 25.4 Å². The van der Waals surface area contributed by atoms with E-state index < -0.39 is 0 Å². The molecular formula is C24H29N5O2. The summed E-state index contributed by atoms with van der Waals surface area (Å²) in [7, 11) is 0. The van der Waals surface area contributed by atoms with Crippen LogP contribution in [0.25, 0.3) is 11.0 Å². The van der Waals surface area contributed by atoms with E-state index in [1.54, 1.807) is 0 Å². The zero-order valence-corrected chi connectivity index (χ0v) is 17.7. The van der Waals surface area contributed by atoms with Gasteiger partial charge in [0.05, 0.1) is 17.6 Å². The molecule has 4 aliphatic heterocycles. The molecule has 5 heterocycles. The standard InChI is InChI=1S/C24H29N5O2/c30-22-9-5-8-20-16-12-17(23(29(20)22)24(31)28-10-3-4-11-28)14-27(13-16)15-21-25-18-6-1-2-7-19(18)26-21/h1-4,6-7,16-17,20,23H,5,8-15H2,(H,25,26)/t16-,17+,20-,23+/m0/s1. The highest BCUT2D eigenvalue weighted by Crippen LogP contribution is 2.42. The minimum Gasteiger partial charge on any atom is -0.341 e. The third-order valence-electron chi connectivity index (χ3n) is 7.61. The van der Waals surface area contributed by atoms with Gasteiger partial charge in [-0.2, -0.15) is 0 Å². The third kappa shape index (κ3) is 3.26. The molecule has 0 spiro atoms. The molecule has 1 aromatic heterocycles. The Morgan fingerprint density at radius 3 is 2.77 bits per heavy atom. The molecule has 2 amide bonds. The van der Waals surface area contributed by atoms with Crippen LogP contribution in [0, 0.1) is 11.8 Å². The highest BCUT2D eigenvalue weighted by Gasteiger charge is 2.52. The second-order valence-electron chi connectivity index (χ2n) is 9.57. The first-order chi connectivity index (χ1) is 15.2. The van der Waals surface area contributed by atoms with Crippen molar-refractivity contribution >= 4 is 22.8 Å². The van der Waals surface area contributed by atoms with Crippen LogP contribution in [-0.2, 0) is 16.1 Å². The quantitative estimate of drug-likeness (QED) is 0.774. The minimum atomic E-state index is -0.313. The summed E-state index contributed by atoms with van der Waals surface area (Å²) in [6.45, 7) is 3.90. The highest BCUT2D eigenvalue weighted by atomic mass is 16.2. The van der Waals surface area contributed by atoms with E-state index in [0.717, 1.165) is 55.8 Å². The number of carbonyl (C=O) groups is 2. The Balaban J connectivity index is 1.27. The van der Waals surface area contributed by atoms with Crippen LogP contribution in [0.2, 0.25) is 0 Å². The van der Waals surface area contributed by atoms with Gasteiger partial charge in [0, 0.05) is 44.6 Å². The van der Waals surface area contributed by atoms with Gasteiger partial charge < -0.3 is 14.8 Å². The number of aromatic nitrogens is 2. The molecule has 31 heavy (non-hydrogen) atoms. The zero-order chi connectivity index (χ0) is 20.9. The van der Waals surface area contributed by atoms with Crippen molar-refractivity contribution in [1.82, 2.24) is 24.7 Å². The van der Waals surface area contributed by atoms with Gasteiger partial charge in [0.25, 0.3) is 0 Å². The predicted molar refractivity (Wildman–Crippen MR) is 117 cm³/mol. The van der Waals surface area contributed by atoms with Crippen LogP contribution in [0.1, 0.15) is 31.5 Å². The lowest BCUT2D eigenvalue weighted by molar-refractivity contribution is -0.164. The number of carbonyl (C=O) groups excluding carboxylic acids is 2. The monoisotopic (exact) mass is 419 g/mol. The Morgan fingerprint density at radius 2 is 1.94 bits per heavy atom. The van der Waals surface area contributed by atoms with Crippen LogP contribution in [0.4, 0.5) is 0 Å². The lowest BCUT2D eigenvalue weighted by Gasteiger charge is -2.56. The largest absolute Gasteiger partial charge is 0.341 e. The summed E-state index contributed by atoms with van der Waals surface area (Å²) in [5.74, 6) is 1.92. The lowest BCUT2D eigenvalue weighted by atomic mass is 9.71. The Bertz CT molecular complexity index is 1000. The number of H-pyrrole nitrogens is 1. The molecule has 2 aromatic rings. The van der Waals surface area contributed by atoms with Gasteiger partial charge in [-0.25, -0.2) is 4.98 Å². The van der Waals surface area contributed by atoms with Gasteiger partial charge in [-0.1, -0.05) is 24.3 Å². The highest BCUT2D eigenvalue weighted by molar-refractivity contribution is 5.89. The molecular weight excluding hydrogens is 390 g/mol. The fourth-order valence-electron chi connectivity index (χ4n) is 6.34. The molecule has 0 aliphatic carbocycles. The Kier molecular flexibility index (Phi) is 4.60. The summed E-state index contributed by atoms with van der Waals surface area (Å²) >= 11 is 0. The number of amides is 2. The maximum absolute atomic E-state index is 13.5. The van der Waals surface area contributed by atoms with Crippen molar-refractivity contribution in [2.24, 2.45) is 11.8 Å². The summed E-state index contributed by atoms with van der Waals surface area (Å²) < 4.78 is 0. The van der Waals surface area contributed by atoms with Gasteiger partial charge in [0.1, 0.15) is 11.9 Å². The molecule has 7 heteroatoms. The van der Waals surface area contributed by atoms with Crippen molar-refractivity contribution in [3.8, 4) is 0 Å². The van der Waals surface area contributed by atoms with E-state index in [2.05, 4.69) is 16.0 Å². The van der Waals surface area contributed by atoms with Crippen LogP contribution in [0.3, 0.4) is 0 Å². The van der Waals surface area contributed by atoms with Gasteiger partial charge in [-0.3, -0.25) is 14.5 Å². The van der Waals surface area contributed by atoms with E-state index >= 15 is 0 Å². The number of benzene rings is 1. The van der Waals surface area contributed by atoms with E-state index in [9.17, 15) is 9.59 Å². The second kappa shape index (κ2) is 7.48. The van der Waals surface area contributed by atoms with Crippen LogP contribution in [0.15, 0.2) is 36.4 Å². The average Bonchev–Trinajstić information content (AvgIpc) is 3.44. The third-order valence-corrected chi connectivity index (χ3v) is 7.61. The number of rotatable bonds is 3. The summed E-state index contributed by atoms with van der Waals surface area (Å²) in [5.41, 5.74) is 2.06. The summed E-state index contributed by atoms with van der Waals surface area (Å²) in [6.07, 6.45) is 7.69. The van der Waals surface area contributed by atoms with Crippen molar-refractivity contribution in [2.45, 2.75) is 44.3 Å². The fraction of sp³-hybridized carbons (Fsp3) is 0.542. The number of likely N-dealkylation sites (tertiary alicyclic amines) is 1. The van der Waals surface area contributed by atoms with Crippen molar-refractivity contribution < 1.29 is 9.59 Å². The number of imidazole rings is 1. The molecule has 3 saturated heterocycles. The first-order valence-corrected chi connectivity index (χ1v) is 11.6. The maximum Gasteiger partial charge on any atom is 0.246 e. The molecule has 1 N–H and O–H groups in total. The topological polar surface area (TPSA) is 72.5 Å². The molecule has 4 aliphatic rings. The van der Waals surface area contributed by atoms with Gasteiger partial charge in [-0.15, -0.1) is 0 Å². The molecule has 0 radical (unpaired) electrons. The molecule has 1 aromatic carbocycles. The Hall–Kier alpha value is -2.67. The first kappa shape index (κ1) is 19.0. The van der Waals surface area contributed by atoms with Crippen LogP contribution in [0.5, 0.6) is 0 Å². The summed E-state index contributed by atoms with van der Waals surface area (Å²) in [5, 5.41) is 0. The first-order valence-electron chi connectivity index (χ1n) is 11.6. The van der Waals surface area contributed by atoms with E-state index in [1.807, 2.05) is 40.2 Å². The molecule has 0 saturated carbocycles. The van der Waals surface area contributed by atoms with Crippen LogP contribution in [-0.4, -0.2) is 74.7 Å². The summed E-state index contributed by atoms with van der Waals surface area (Å²) in [4.78, 5) is 41.1. The number of fused-ring (bicyclic) bond motifs is 5. The van der Waals surface area contributed by atoms with Gasteiger partial charge in [-0.05, 0) is 37.3 Å². The fourth-order valence-corrected chi connectivity index (χ4v) is 6.34. The van der Waals surface area contributed by atoms with Gasteiger partial charge >= 0.3 is 0 Å².